The summed E-state index contributed by atoms with van der Waals surface area (Å²) in [7, 11) is 3.77. The first-order valence-electron chi connectivity index (χ1n) is 8.75. The highest BCUT2D eigenvalue weighted by Gasteiger charge is 2.32. The largest absolute Gasteiger partial charge is 0.491 e. The van der Waals surface area contributed by atoms with Crippen molar-refractivity contribution in [2.45, 2.75) is 38.7 Å². The minimum atomic E-state index is -0.908. The molecule has 0 radical (unpaired) electrons. The summed E-state index contributed by atoms with van der Waals surface area (Å²) in [4.78, 5) is 15.9. The molecule has 0 spiro atoms. The molecule has 0 aliphatic carbocycles. The Balaban J connectivity index is 1.95. The number of amides is 1. The van der Waals surface area contributed by atoms with Crippen molar-refractivity contribution < 1.29 is 14.6 Å². The topological polar surface area (TPSA) is 53.0 Å². The molecule has 0 saturated carbocycles. The summed E-state index contributed by atoms with van der Waals surface area (Å²) >= 11 is 6.18. The molecule has 140 valence electrons. The van der Waals surface area contributed by atoms with Crippen molar-refractivity contribution >= 4 is 17.5 Å². The molecule has 1 aromatic rings. The van der Waals surface area contributed by atoms with E-state index in [-0.39, 0.29) is 12.5 Å². The molecule has 1 aromatic carbocycles. The fourth-order valence-corrected chi connectivity index (χ4v) is 3.26. The molecular weight excluding hydrogens is 340 g/mol. The third-order valence-electron chi connectivity index (χ3n) is 4.64. The number of aryl methyl sites for hydroxylation is 2. The second-order valence-corrected chi connectivity index (χ2v) is 7.73. The molecule has 1 aliphatic rings. The third-order valence-corrected chi connectivity index (χ3v) is 5.24. The average Bonchev–Trinajstić information content (AvgIpc) is 2.72. The van der Waals surface area contributed by atoms with Crippen molar-refractivity contribution in [3.8, 4) is 5.75 Å². The third kappa shape index (κ3) is 5.59. The van der Waals surface area contributed by atoms with Crippen molar-refractivity contribution in [2.75, 3.05) is 40.3 Å². The van der Waals surface area contributed by atoms with Crippen LogP contribution in [0.2, 0.25) is 5.02 Å². The molecule has 2 rings (SSSR count). The monoisotopic (exact) mass is 368 g/mol. The Morgan fingerprint density at radius 2 is 1.92 bits per heavy atom. The lowest BCUT2D eigenvalue weighted by Crippen LogP contribution is -2.40. The summed E-state index contributed by atoms with van der Waals surface area (Å²) in [6, 6.07) is 3.78. The van der Waals surface area contributed by atoms with Crippen molar-refractivity contribution in [3.63, 3.8) is 0 Å². The standard InChI is InChI=1S/C19H29ClN2O3/c1-14-10-16(11-15(2)18(14)20)25-13-19(24)6-5-8-22(9-7-19)17(23)12-21(3)4/h10-11,24H,5-9,12-13H2,1-4H3. The zero-order chi connectivity index (χ0) is 18.6. The lowest BCUT2D eigenvalue weighted by Gasteiger charge is -2.27. The summed E-state index contributed by atoms with van der Waals surface area (Å²) < 4.78 is 5.86. The molecule has 1 fully saturated rings. The second kappa shape index (κ2) is 8.39. The number of likely N-dealkylation sites (N-methyl/N-ethyl adjacent to an activating group) is 1. The summed E-state index contributed by atoms with van der Waals surface area (Å²) in [5, 5.41) is 11.6. The van der Waals surface area contributed by atoms with E-state index in [0.29, 0.717) is 32.5 Å². The maximum Gasteiger partial charge on any atom is 0.236 e. The quantitative estimate of drug-likeness (QED) is 0.868. The predicted octanol–water partition coefficient (Wildman–Crippen LogP) is 2.64. The number of carbonyl (C=O) groups excluding carboxylic acids is 1. The zero-order valence-electron chi connectivity index (χ0n) is 15.6. The van der Waals surface area contributed by atoms with Gasteiger partial charge in [-0.3, -0.25) is 4.79 Å². The second-order valence-electron chi connectivity index (χ2n) is 7.36. The zero-order valence-corrected chi connectivity index (χ0v) is 16.4. The normalized spacial score (nSPS) is 21.3. The molecule has 1 N–H and O–H groups in total. The lowest BCUT2D eigenvalue weighted by atomic mass is 9.96. The number of ether oxygens (including phenoxy) is 1. The van der Waals surface area contributed by atoms with Crippen LogP contribution in [0, 0.1) is 13.8 Å². The molecule has 1 unspecified atom stereocenters. The van der Waals surface area contributed by atoms with Gasteiger partial charge in [0.2, 0.25) is 5.91 Å². The number of nitrogens with zero attached hydrogens (tertiary/aromatic N) is 2. The summed E-state index contributed by atoms with van der Waals surface area (Å²) in [6.07, 6.45) is 1.93. The van der Waals surface area contributed by atoms with Crippen molar-refractivity contribution in [3.05, 3.63) is 28.3 Å². The molecule has 6 heteroatoms. The van der Waals surface area contributed by atoms with Crippen molar-refractivity contribution in [1.82, 2.24) is 9.80 Å². The number of carbonyl (C=O) groups is 1. The first-order valence-corrected chi connectivity index (χ1v) is 9.12. The van der Waals surface area contributed by atoms with Crippen molar-refractivity contribution in [2.24, 2.45) is 0 Å². The molecular formula is C19H29ClN2O3. The van der Waals surface area contributed by atoms with Crippen LogP contribution in [-0.4, -0.2) is 66.8 Å². The Morgan fingerprint density at radius 1 is 1.28 bits per heavy atom. The molecule has 1 atom stereocenters. The van der Waals surface area contributed by atoms with E-state index in [1.54, 1.807) is 0 Å². The summed E-state index contributed by atoms with van der Waals surface area (Å²) in [5.41, 5.74) is 1.02. The van der Waals surface area contributed by atoms with Crippen LogP contribution < -0.4 is 4.74 Å². The van der Waals surface area contributed by atoms with Crippen LogP contribution in [0.25, 0.3) is 0 Å². The van der Waals surface area contributed by atoms with Crippen LogP contribution >= 0.6 is 11.6 Å². The van der Waals surface area contributed by atoms with Gasteiger partial charge in [0.25, 0.3) is 0 Å². The molecule has 0 bridgehead atoms. The molecule has 0 aromatic heterocycles. The average molecular weight is 369 g/mol. The van der Waals surface area contributed by atoms with E-state index in [0.717, 1.165) is 28.3 Å². The van der Waals surface area contributed by atoms with Crippen molar-refractivity contribution in [1.29, 1.82) is 0 Å². The molecule has 1 heterocycles. The van der Waals surface area contributed by atoms with E-state index in [1.807, 2.05) is 49.9 Å². The van der Waals surface area contributed by atoms with E-state index in [9.17, 15) is 9.90 Å². The molecule has 1 amide bonds. The van der Waals surface area contributed by atoms with E-state index in [2.05, 4.69) is 0 Å². The van der Waals surface area contributed by atoms with Crippen LogP contribution in [-0.2, 0) is 4.79 Å². The Morgan fingerprint density at radius 3 is 2.52 bits per heavy atom. The Bertz CT molecular complexity index is 598. The first-order chi connectivity index (χ1) is 11.7. The number of benzene rings is 1. The van der Waals surface area contributed by atoms with Crippen LogP contribution in [0.5, 0.6) is 5.75 Å². The molecule has 5 nitrogen and oxygen atoms in total. The minimum absolute atomic E-state index is 0.110. The van der Waals surface area contributed by atoms with Gasteiger partial charge in [0.15, 0.2) is 0 Å². The van der Waals surface area contributed by atoms with Gasteiger partial charge in [0.1, 0.15) is 18.0 Å². The SMILES string of the molecule is Cc1cc(OCC2(O)CCCN(C(=O)CN(C)C)CC2)cc(C)c1Cl. The maximum absolute atomic E-state index is 12.2. The fourth-order valence-electron chi connectivity index (χ4n) is 3.15. The Kier molecular flexibility index (Phi) is 6.72. The molecule has 1 saturated heterocycles. The van der Waals surface area contributed by atoms with Gasteiger partial charge in [0.05, 0.1) is 6.54 Å². The molecule has 1 aliphatic heterocycles. The van der Waals surface area contributed by atoms with Gasteiger partial charge in [-0.25, -0.2) is 0 Å². The predicted molar refractivity (Wildman–Crippen MR) is 100 cm³/mol. The van der Waals surface area contributed by atoms with E-state index in [1.165, 1.54) is 0 Å². The number of hydrogen-bond acceptors (Lipinski definition) is 4. The highest BCUT2D eigenvalue weighted by molar-refractivity contribution is 6.32. The van der Waals surface area contributed by atoms with E-state index in [4.69, 9.17) is 16.3 Å². The highest BCUT2D eigenvalue weighted by Crippen LogP contribution is 2.28. The number of aliphatic hydroxyl groups is 1. The maximum atomic E-state index is 12.2. The number of rotatable bonds is 5. The van der Waals surface area contributed by atoms with Crippen LogP contribution in [0.3, 0.4) is 0 Å². The van der Waals surface area contributed by atoms with E-state index < -0.39 is 5.60 Å². The number of hydrogen-bond donors (Lipinski definition) is 1. The van der Waals surface area contributed by atoms with Gasteiger partial charge in [-0.2, -0.15) is 0 Å². The highest BCUT2D eigenvalue weighted by atomic mass is 35.5. The lowest BCUT2D eigenvalue weighted by molar-refractivity contribution is -0.132. The van der Waals surface area contributed by atoms with Crippen LogP contribution in [0.15, 0.2) is 12.1 Å². The summed E-state index contributed by atoms with van der Waals surface area (Å²) in [5.74, 6) is 0.830. The van der Waals surface area contributed by atoms with Gasteiger partial charge >= 0.3 is 0 Å². The number of halogens is 1. The fraction of sp³-hybridized carbons (Fsp3) is 0.632. The molecule has 25 heavy (non-hydrogen) atoms. The van der Waals surface area contributed by atoms with Gasteiger partial charge in [-0.05, 0) is 70.5 Å². The van der Waals surface area contributed by atoms with E-state index >= 15 is 0 Å². The van der Waals surface area contributed by atoms with Crippen LogP contribution in [0.1, 0.15) is 30.4 Å². The van der Waals surface area contributed by atoms with Gasteiger partial charge in [0, 0.05) is 18.1 Å². The van der Waals surface area contributed by atoms with Gasteiger partial charge in [-0.15, -0.1) is 0 Å². The first kappa shape index (κ1) is 20.0. The van der Waals surface area contributed by atoms with Gasteiger partial charge in [-0.1, -0.05) is 11.6 Å². The summed E-state index contributed by atoms with van der Waals surface area (Å²) in [6.45, 7) is 5.76. The number of likely N-dealkylation sites (tertiary alicyclic amines) is 1. The van der Waals surface area contributed by atoms with Crippen LogP contribution in [0.4, 0.5) is 0 Å². The Hall–Kier alpha value is -1.30. The Labute approximate surface area is 155 Å². The minimum Gasteiger partial charge on any atom is -0.491 e. The smallest absolute Gasteiger partial charge is 0.236 e. The van der Waals surface area contributed by atoms with Gasteiger partial charge < -0.3 is 19.6 Å².